The van der Waals surface area contributed by atoms with Gasteiger partial charge >= 0.3 is 6.09 Å². The molecule has 0 N–H and O–H groups in total. The normalized spacial score (nSPS) is 13.9. The molecule has 2 aromatic carbocycles. The third-order valence-corrected chi connectivity index (χ3v) is 10.3. The Bertz CT molecular complexity index is 1970. The van der Waals surface area contributed by atoms with Gasteiger partial charge in [-0.15, -0.1) is 0 Å². The van der Waals surface area contributed by atoms with Crippen LogP contribution in [0.2, 0.25) is 0 Å². The van der Waals surface area contributed by atoms with Crippen molar-refractivity contribution in [3.8, 4) is 17.1 Å². The minimum absolute atomic E-state index is 0.114. The Hall–Kier alpha value is -4.65. The summed E-state index contributed by atoms with van der Waals surface area (Å²) in [6, 6.07) is 26.9. The van der Waals surface area contributed by atoms with Gasteiger partial charge in [-0.05, 0) is 52.8 Å². The van der Waals surface area contributed by atoms with E-state index in [2.05, 4.69) is 21.8 Å². The Morgan fingerprint density at radius 3 is 2.62 bits per heavy atom. The second-order valence-electron chi connectivity index (χ2n) is 11.0. The Morgan fingerprint density at radius 1 is 0.957 bits per heavy atom. The molecule has 1 saturated heterocycles. The lowest BCUT2D eigenvalue weighted by Crippen LogP contribution is -2.37. The van der Waals surface area contributed by atoms with Crippen molar-refractivity contribution in [1.82, 2.24) is 24.8 Å². The maximum atomic E-state index is 13.7. The lowest BCUT2D eigenvalue weighted by atomic mass is 10.2. The van der Waals surface area contributed by atoms with Crippen LogP contribution in [0, 0.1) is 0 Å². The number of nitrogens with zero attached hydrogens (tertiary/aromatic N) is 6. The topological polar surface area (TPSA) is 107 Å². The van der Waals surface area contributed by atoms with E-state index in [-0.39, 0.29) is 5.25 Å². The highest BCUT2D eigenvalue weighted by Gasteiger charge is 2.24. The van der Waals surface area contributed by atoms with Crippen LogP contribution in [0.3, 0.4) is 0 Å². The highest BCUT2D eigenvalue weighted by atomic mass is 33.1. The third-order valence-electron chi connectivity index (χ3n) is 7.57. The number of amides is 1. The van der Waals surface area contributed by atoms with Crippen LogP contribution >= 0.6 is 21.6 Å². The molecule has 1 fully saturated rings. The van der Waals surface area contributed by atoms with Gasteiger partial charge in [-0.1, -0.05) is 66.2 Å². The molecule has 238 valence electrons. The Morgan fingerprint density at radius 2 is 1.79 bits per heavy atom. The first kappa shape index (κ1) is 31.0. The monoisotopic (exact) mass is 664 g/mol. The highest BCUT2D eigenvalue weighted by molar-refractivity contribution is 8.76. The van der Waals surface area contributed by atoms with Crippen LogP contribution in [0.4, 0.5) is 10.6 Å². The number of hydrogen-bond acceptors (Lipinski definition) is 11. The van der Waals surface area contributed by atoms with Gasteiger partial charge in [0.25, 0.3) is 0 Å². The van der Waals surface area contributed by atoms with Crippen molar-refractivity contribution in [1.29, 1.82) is 0 Å². The first-order chi connectivity index (χ1) is 23.1. The molecule has 0 radical (unpaired) electrons. The first-order valence-corrected chi connectivity index (χ1v) is 17.6. The minimum atomic E-state index is -0.432. The summed E-state index contributed by atoms with van der Waals surface area (Å²) in [5, 5.41) is 1.85. The molecular formula is C35H32N6O4S2. The van der Waals surface area contributed by atoms with Crippen molar-refractivity contribution in [3.05, 3.63) is 103 Å². The van der Waals surface area contributed by atoms with Gasteiger partial charge in [-0.3, -0.25) is 0 Å². The fourth-order valence-corrected chi connectivity index (χ4v) is 7.33. The number of aromatic nitrogens is 4. The molecule has 1 amide bonds. The van der Waals surface area contributed by atoms with Gasteiger partial charge in [0, 0.05) is 49.4 Å². The van der Waals surface area contributed by atoms with E-state index in [0.29, 0.717) is 73.6 Å². The number of furan rings is 1. The predicted molar refractivity (Wildman–Crippen MR) is 186 cm³/mol. The molecule has 1 atom stereocenters. The number of rotatable bonds is 10. The van der Waals surface area contributed by atoms with Crippen molar-refractivity contribution in [3.63, 3.8) is 0 Å². The van der Waals surface area contributed by atoms with E-state index < -0.39 is 6.09 Å². The number of carbonyl (C=O) groups excluding carboxylic acids is 1. The Balaban J connectivity index is 1.15. The molecule has 1 aliphatic rings. The van der Waals surface area contributed by atoms with E-state index in [4.69, 9.17) is 23.9 Å². The van der Waals surface area contributed by atoms with Crippen LogP contribution in [-0.4, -0.2) is 69.0 Å². The lowest BCUT2D eigenvalue weighted by Gasteiger charge is -2.27. The number of fused-ring (bicyclic) bond motifs is 3. The largest absolute Gasteiger partial charge is 0.432 e. The van der Waals surface area contributed by atoms with Crippen LogP contribution < -0.4 is 9.64 Å². The fourth-order valence-electron chi connectivity index (χ4n) is 5.32. The van der Waals surface area contributed by atoms with Crippen LogP contribution in [0.1, 0.15) is 12.5 Å². The van der Waals surface area contributed by atoms with E-state index >= 15 is 0 Å². The molecule has 12 heteroatoms. The van der Waals surface area contributed by atoms with Crippen molar-refractivity contribution in [2.24, 2.45) is 0 Å². The molecule has 0 aliphatic carbocycles. The second kappa shape index (κ2) is 14.4. The van der Waals surface area contributed by atoms with Gasteiger partial charge in [0.05, 0.1) is 18.6 Å². The average molecular weight is 665 g/mol. The summed E-state index contributed by atoms with van der Waals surface area (Å²) in [7, 11) is 3.27. The van der Waals surface area contributed by atoms with E-state index in [9.17, 15) is 4.79 Å². The molecule has 6 aromatic rings. The fraction of sp³-hybridized carbons (Fsp3) is 0.229. The van der Waals surface area contributed by atoms with Crippen molar-refractivity contribution in [2.75, 3.05) is 37.7 Å². The zero-order chi connectivity index (χ0) is 32.0. The van der Waals surface area contributed by atoms with Gasteiger partial charge in [0.15, 0.2) is 17.2 Å². The maximum Gasteiger partial charge on any atom is 0.415 e. The van der Waals surface area contributed by atoms with Crippen LogP contribution in [0.5, 0.6) is 5.75 Å². The number of carbonyl (C=O) groups is 1. The quantitative estimate of drug-likeness (QED) is 0.136. The molecule has 0 bridgehead atoms. The van der Waals surface area contributed by atoms with Gasteiger partial charge in [-0.2, -0.15) is 0 Å². The van der Waals surface area contributed by atoms with E-state index in [1.54, 1.807) is 51.0 Å². The number of morpholine rings is 1. The van der Waals surface area contributed by atoms with Crippen LogP contribution in [0.15, 0.2) is 107 Å². The van der Waals surface area contributed by atoms with Gasteiger partial charge in [0.2, 0.25) is 5.71 Å². The zero-order valence-corrected chi connectivity index (χ0v) is 27.3. The molecule has 47 heavy (non-hydrogen) atoms. The zero-order valence-electron chi connectivity index (χ0n) is 25.7. The number of pyridine rings is 2. The molecule has 7 rings (SSSR count). The van der Waals surface area contributed by atoms with Crippen molar-refractivity contribution >= 4 is 55.7 Å². The summed E-state index contributed by atoms with van der Waals surface area (Å²) < 4.78 is 17.8. The van der Waals surface area contributed by atoms with Gasteiger partial charge in [0.1, 0.15) is 16.3 Å². The molecule has 0 spiro atoms. The SMILES string of the molecule is C[C@H](CN(Cc1ccccc1)C(=O)Oc1cccc(-c2nc(N3CCOCC3)c3oc4ncccc4c3n2)c1)SSc1ccccn1. The molecule has 10 nitrogen and oxygen atoms in total. The van der Waals surface area contributed by atoms with Gasteiger partial charge in [-0.25, -0.2) is 24.7 Å². The summed E-state index contributed by atoms with van der Waals surface area (Å²) in [6.07, 6.45) is 3.05. The lowest BCUT2D eigenvalue weighted by molar-refractivity contribution is 0.122. The van der Waals surface area contributed by atoms with Crippen LogP contribution in [-0.2, 0) is 11.3 Å². The molecular weight excluding hydrogens is 633 g/mol. The third kappa shape index (κ3) is 7.35. The molecule has 0 saturated carbocycles. The summed E-state index contributed by atoms with van der Waals surface area (Å²) in [4.78, 5) is 36.3. The van der Waals surface area contributed by atoms with Crippen LogP contribution in [0.25, 0.3) is 33.6 Å². The Labute approximate surface area is 279 Å². The highest BCUT2D eigenvalue weighted by Crippen LogP contribution is 2.36. The molecule has 1 aliphatic heterocycles. The first-order valence-electron chi connectivity index (χ1n) is 15.3. The maximum absolute atomic E-state index is 13.7. The number of hydrogen-bond donors (Lipinski definition) is 0. The second-order valence-corrected chi connectivity index (χ2v) is 13.7. The molecule has 0 unspecified atom stereocenters. The standard InChI is InChI=1S/C35H32N6O4S2/c1-24(46-47-29-14-5-6-15-36-29)22-41(23-25-9-3-2-4-10-25)35(42)44-27-12-7-11-26(21-27)32-38-30-28-13-8-16-37-34(28)45-31(30)33(39-32)40-17-19-43-20-18-40/h2-16,21,24H,17-20,22-23H2,1H3/t24-/m1/s1. The number of ether oxygens (including phenoxy) is 2. The molecule has 4 aromatic heterocycles. The van der Waals surface area contributed by atoms with Gasteiger partial charge < -0.3 is 23.7 Å². The summed E-state index contributed by atoms with van der Waals surface area (Å²) in [5.74, 6) is 1.60. The number of benzene rings is 2. The predicted octanol–water partition coefficient (Wildman–Crippen LogP) is 7.50. The molecule has 5 heterocycles. The summed E-state index contributed by atoms with van der Waals surface area (Å²) >= 11 is 0. The Kier molecular flexibility index (Phi) is 9.50. The van der Waals surface area contributed by atoms with Crippen molar-refractivity contribution in [2.45, 2.75) is 23.7 Å². The van der Waals surface area contributed by atoms with E-state index in [0.717, 1.165) is 21.5 Å². The van der Waals surface area contributed by atoms with Crippen molar-refractivity contribution < 1.29 is 18.7 Å². The summed E-state index contributed by atoms with van der Waals surface area (Å²) in [5.41, 5.74) is 3.53. The number of anilines is 1. The average Bonchev–Trinajstić information content (AvgIpc) is 3.50. The smallest absolute Gasteiger partial charge is 0.415 e. The minimum Gasteiger partial charge on any atom is -0.432 e. The van der Waals surface area contributed by atoms with E-state index in [1.165, 1.54) is 0 Å². The summed E-state index contributed by atoms with van der Waals surface area (Å²) in [6.45, 7) is 5.57. The van der Waals surface area contributed by atoms with E-state index in [1.807, 2.05) is 72.8 Å².